The third kappa shape index (κ3) is 3.88. The van der Waals surface area contributed by atoms with Crippen molar-refractivity contribution < 1.29 is 9.53 Å². The normalized spacial score (nSPS) is 23.0. The standard InChI is InChI=1S/C23H28ClN5O2.ClH/c24-16-4-5-20(31-13-18-19-3-1-2-10-29(19)27-26-18)22-15(16)6-9-25-17(22)12-28-14-23(7-8-23)11-21(28)30;/h4-5,17,25H,1-3,6-14H2;1H/t17-;/m1./s1. The van der Waals surface area contributed by atoms with Crippen molar-refractivity contribution in [3.63, 3.8) is 0 Å². The van der Waals surface area contributed by atoms with Crippen LogP contribution in [0.15, 0.2) is 12.1 Å². The number of amides is 1. The highest BCUT2D eigenvalue weighted by molar-refractivity contribution is 6.31. The fraction of sp³-hybridized carbons (Fsp3) is 0.609. The van der Waals surface area contributed by atoms with E-state index >= 15 is 0 Å². The first-order chi connectivity index (χ1) is 15.1. The first kappa shape index (κ1) is 22.0. The summed E-state index contributed by atoms with van der Waals surface area (Å²) in [5, 5.41) is 13.1. The van der Waals surface area contributed by atoms with E-state index in [4.69, 9.17) is 16.3 Å². The monoisotopic (exact) mass is 477 g/mol. The minimum absolute atomic E-state index is 0. The number of likely N-dealkylation sites (tertiary alicyclic amines) is 1. The van der Waals surface area contributed by atoms with Gasteiger partial charge in [-0.15, -0.1) is 17.5 Å². The fourth-order valence-electron chi connectivity index (χ4n) is 5.52. The van der Waals surface area contributed by atoms with Crippen LogP contribution in [0.3, 0.4) is 0 Å². The van der Waals surface area contributed by atoms with Crippen LogP contribution < -0.4 is 10.1 Å². The van der Waals surface area contributed by atoms with E-state index < -0.39 is 0 Å². The van der Waals surface area contributed by atoms with Crippen molar-refractivity contribution in [3.05, 3.63) is 39.7 Å². The van der Waals surface area contributed by atoms with Gasteiger partial charge >= 0.3 is 0 Å². The van der Waals surface area contributed by atoms with Gasteiger partial charge in [0.2, 0.25) is 5.91 Å². The minimum Gasteiger partial charge on any atom is -0.487 e. The van der Waals surface area contributed by atoms with Crippen LogP contribution in [-0.2, 0) is 30.8 Å². The third-order valence-electron chi connectivity index (χ3n) is 7.46. The number of aryl methyl sites for hydroxylation is 1. The Morgan fingerprint density at radius 3 is 2.94 bits per heavy atom. The van der Waals surface area contributed by atoms with Gasteiger partial charge in [0.05, 0.1) is 11.7 Å². The summed E-state index contributed by atoms with van der Waals surface area (Å²) in [6.45, 7) is 3.76. The molecule has 1 spiro atoms. The minimum atomic E-state index is 0. The van der Waals surface area contributed by atoms with E-state index in [9.17, 15) is 4.79 Å². The maximum atomic E-state index is 12.6. The second-order valence-corrected chi connectivity index (χ2v) is 10.0. The second kappa shape index (κ2) is 8.50. The molecule has 1 aliphatic carbocycles. The van der Waals surface area contributed by atoms with E-state index in [1.54, 1.807) is 0 Å². The molecule has 4 aliphatic rings. The predicted octanol–water partition coefficient (Wildman–Crippen LogP) is 3.47. The topological polar surface area (TPSA) is 72.3 Å². The number of nitrogens with zero attached hydrogens (tertiary/aromatic N) is 4. The van der Waals surface area contributed by atoms with Gasteiger partial charge in [-0.05, 0) is 68.2 Å². The third-order valence-corrected chi connectivity index (χ3v) is 7.81. The summed E-state index contributed by atoms with van der Waals surface area (Å²) in [6.07, 6.45) is 7.29. The van der Waals surface area contributed by atoms with Gasteiger partial charge in [-0.1, -0.05) is 16.8 Å². The molecule has 1 aromatic heterocycles. The highest BCUT2D eigenvalue weighted by Gasteiger charge is 2.52. The van der Waals surface area contributed by atoms with Crippen LogP contribution in [0.25, 0.3) is 0 Å². The van der Waals surface area contributed by atoms with Crippen LogP contribution in [-0.4, -0.2) is 45.4 Å². The number of carbonyl (C=O) groups is 1. The van der Waals surface area contributed by atoms with Crippen LogP contribution >= 0.6 is 24.0 Å². The van der Waals surface area contributed by atoms with Crippen molar-refractivity contribution in [3.8, 4) is 5.75 Å². The van der Waals surface area contributed by atoms with E-state index in [0.717, 1.165) is 66.5 Å². The summed E-state index contributed by atoms with van der Waals surface area (Å²) in [5.74, 6) is 1.12. The Bertz CT molecular complexity index is 1040. The first-order valence-corrected chi connectivity index (χ1v) is 11.9. The number of nitrogens with one attached hydrogen (secondary N) is 1. The highest BCUT2D eigenvalue weighted by Crippen LogP contribution is 2.53. The van der Waals surface area contributed by atoms with Gasteiger partial charge in [0, 0.05) is 36.6 Å². The Labute approximate surface area is 199 Å². The summed E-state index contributed by atoms with van der Waals surface area (Å²) in [4.78, 5) is 14.7. The zero-order valence-corrected chi connectivity index (χ0v) is 19.7. The SMILES string of the molecule is Cl.O=C1CC2(CC2)CN1C[C@H]1NCCc2c(Cl)ccc(OCc3nnn4c3CCCC4)c21. The van der Waals surface area contributed by atoms with Gasteiger partial charge in [-0.25, -0.2) is 4.68 Å². The highest BCUT2D eigenvalue weighted by atomic mass is 35.5. The Balaban J connectivity index is 0.00000216. The maximum Gasteiger partial charge on any atom is 0.223 e. The molecule has 0 bridgehead atoms. The molecule has 1 N–H and O–H groups in total. The van der Waals surface area contributed by atoms with Gasteiger partial charge in [-0.3, -0.25) is 4.79 Å². The van der Waals surface area contributed by atoms with Crippen molar-refractivity contribution >= 4 is 29.9 Å². The lowest BCUT2D eigenvalue weighted by atomic mass is 9.92. The molecule has 2 aromatic rings. The van der Waals surface area contributed by atoms with E-state index in [0.29, 0.717) is 19.6 Å². The Hall–Kier alpha value is -1.83. The molecule has 1 aromatic carbocycles. The molecule has 32 heavy (non-hydrogen) atoms. The van der Waals surface area contributed by atoms with E-state index in [1.807, 2.05) is 21.7 Å². The molecule has 1 saturated heterocycles. The molecular weight excluding hydrogens is 449 g/mol. The quantitative estimate of drug-likeness (QED) is 0.713. The summed E-state index contributed by atoms with van der Waals surface area (Å²) >= 11 is 6.59. The van der Waals surface area contributed by atoms with E-state index in [2.05, 4.69) is 15.6 Å². The number of halogens is 2. The number of hydrogen-bond acceptors (Lipinski definition) is 5. The largest absolute Gasteiger partial charge is 0.487 e. The molecule has 1 saturated carbocycles. The average Bonchev–Trinajstić information content (AvgIpc) is 3.28. The number of benzene rings is 1. The summed E-state index contributed by atoms with van der Waals surface area (Å²) in [6, 6.07) is 3.93. The number of fused-ring (bicyclic) bond motifs is 2. The molecule has 2 fully saturated rings. The molecule has 0 radical (unpaired) electrons. The van der Waals surface area contributed by atoms with Crippen LogP contribution in [0.5, 0.6) is 5.75 Å². The number of ether oxygens (including phenoxy) is 1. The van der Waals surface area contributed by atoms with Gasteiger partial charge in [0.15, 0.2) is 0 Å². The van der Waals surface area contributed by atoms with Gasteiger partial charge in [-0.2, -0.15) is 0 Å². The van der Waals surface area contributed by atoms with Crippen molar-refractivity contribution in [2.75, 3.05) is 19.6 Å². The molecule has 0 unspecified atom stereocenters. The van der Waals surface area contributed by atoms with E-state index in [-0.39, 0.29) is 29.8 Å². The number of hydrogen-bond donors (Lipinski definition) is 1. The van der Waals surface area contributed by atoms with Gasteiger partial charge in [0.25, 0.3) is 0 Å². The predicted molar refractivity (Wildman–Crippen MR) is 123 cm³/mol. The number of rotatable bonds is 5. The molecule has 3 aliphatic heterocycles. The Kier molecular flexibility index (Phi) is 5.84. The molecule has 9 heteroatoms. The van der Waals surface area contributed by atoms with Crippen molar-refractivity contribution in [2.45, 2.75) is 64.1 Å². The van der Waals surface area contributed by atoms with Crippen LogP contribution in [0.2, 0.25) is 5.02 Å². The van der Waals surface area contributed by atoms with Crippen LogP contribution in [0, 0.1) is 5.41 Å². The van der Waals surface area contributed by atoms with Crippen molar-refractivity contribution in [1.29, 1.82) is 0 Å². The summed E-state index contributed by atoms with van der Waals surface area (Å²) in [5.41, 5.74) is 4.63. The summed E-state index contributed by atoms with van der Waals surface area (Å²) < 4.78 is 8.34. The summed E-state index contributed by atoms with van der Waals surface area (Å²) in [7, 11) is 0. The van der Waals surface area contributed by atoms with Crippen LogP contribution in [0.4, 0.5) is 0 Å². The molecule has 7 nitrogen and oxygen atoms in total. The second-order valence-electron chi connectivity index (χ2n) is 9.60. The number of aromatic nitrogens is 3. The molecule has 1 amide bonds. The number of carbonyl (C=O) groups excluding carboxylic acids is 1. The Morgan fingerprint density at radius 2 is 2.12 bits per heavy atom. The zero-order chi connectivity index (χ0) is 21.0. The molecule has 4 heterocycles. The fourth-order valence-corrected chi connectivity index (χ4v) is 5.78. The lowest BCUT2D eigenvalue weighted by Gasteiger charge is -2.32. The van der Waals surface area contributed by atoms with Crippen LogP contribution in [0.1, 0.15) is 60.7 Å². The van der Waals surface area contributed by atoms with E-state index in [1.165, 1.54) is 25.0 Å². The molecule has 172 valence electrons. The van der Waals surface area contributed by atoms with Gasteiger partial charge < -0.3 is 15.0 Å². The first-order valence-electron chi connectivity index (χ1n) is 11.5. The Morgan fingerprint density at radius 1 is 1.25 bits per heavy atom. The molecule has 1 atom stereocenters. The molecule has 6 rings (SSSR count). The van der Waals surface area contributed by atoms with Crippen molar-refractivity contribution in [2.24, 2.45) is 5.41 Å². The molecular formula is C23H29Cl2N5O2. The lowest BCUT2D eigenvalue weighted by Crippen LogP contribution is -2.40. The maximum absolute atomic E-state index is 12.6. The zero-order valence-electron chi connectivity index (χ0n) is 18.1. The average molecular weight is 478 g/mol. The van der Waals surface area contributed by atoms with Crippen molar-refractivity contribution in [1.82, 2.24) is 25.2 Å². The lowest BCUT2D eigenvalue weighted by molar-refractivity contribution is -0.128. The van der Waals surface area contributed by atoms with Gasteiger partial charge in [0.1, 0.15) is 18.1 Å². The smallest absolute Gasteiger partial charge is 0.223 e.